The van der Waals surface area contributed by atoms with E-state index in [1.165, 1.54) is 11.3 Å². The molecule has 0 amide bonds. The summed E-state index contributed by atoms with van der Waals surface area (Å²) in [5, 5.41) is 9.52. The Bertz CT molecular complexity index is 387. The average molecular weight is 212 g/mol. The SMILES string of the molecule is ClCc1nnc(-c2ccccn2)s1. The van der Waals surface area contributed by atoms with E-state index >= 15 is 0 Å². The molecule has 0 saturated heterocycles. The lowest BCUT2D eigenvalue weighted by molar-refractivity contribution is 1.04. The summed E-state index contributed by atoms with van der Waals surface area (Å²) < 4.78 is 0. The molecule has 0 spiro atoms. The van der Waals surface area contributed by atoms with Crippen molar-refractivity contribution in [3.05, 3.63) is 29.4 Å². The molecule has 2 heterocycles. The van der Waals surface area contributed by atoms with Crippen LogP contribution in [0.1, 0.15) is 5.01 Å². The van der Waals surface area contributed by atoms with Crippen LogP contribution in [0.5, 0.6) is 0 Å². The number of hydrogen-bond acceptors (Lipinski definition) is 4. The van der Waals surface area contributed by atoms with Crippen LogP contribution in [0.25, 0.3) is 10.7 Å². The van der Waals surface area contributed by atoms with Gasteiger partial charge in [-0.1, -0.05) is 17.4 Å². The van der Waals surface area contributed by atoms with E-state index < -0.39 is 0 Å². The van der Waals surface area contributed by atoms with Crippen LogP contribution >= 0.6 is 22.9 Å². The molecule has 2 rings (SSSR count). The number of halogens is 1. The zero-order valence-corrected chi connectivity index (χ0v) is 8.22. The van der Waals surface area contributed by atoms with Crippen molar-refractivity contribution in [2.24, 2.45) is 0 Å². The smallest absolute Gasteiger partial charge is 0.166 e. The lowest BCUT2D eigenvalue weighted by Crippen LogP contribution is -1.79. The Morgan fingerprint density at radius 2 is 2.23 bits per heavy atom. The van der Waals surface area contributed by atoms with Crippen molar-refractivity contribution >= 4 is 22.9 Å². The van der Waals surface area contributed by atoms with Crippen LogP contribution < -0.4 is 0 Å². The fourth-order valence-corrected chi connectivity index (χ4v) is 1.78. The second kappa shape index (κ2) is 3.81. The molecule has 0 saturated carbocycles. The third-order valence-corrected chi connectivity index (χ3v) is 2.82. The average Bonchev–Trinajstić information content (AvgIpc) is 2.67. The van der Waals surface area contributed by atoms with Crippen LogP contribution in [0.15, 0.2) is 24.4 Å². The van der Waals surface area contributed by atoms with Gasteiger partial charge in [0.2, 0.25) is 0 Å². The van der Waals surface area contributed by atoms with Gasteiger partial charge in [-0.15, -0.1) is 21.8 Å². The second-order valence-electron chi connectivity index (χ2n) is 2.35. The molecular formula is C8H6ClN3S. The number of alkyl halides is 1. The summed E-state index contributed by atoms with van der Waals surface area (Å²) in [6.45, 7) is 0. The van der Waals surface area contributed by atoms with Crippen LogP contribution in [0.3, 0.4) is 0 Å². The van der Waals surface area contributed by atoms with Gasteiger partial charge < -0.3 is 0 Å². The Hall–Kier alpha value is -1.00. The number of pyridine rings is 1. The van der Waals surface area contributed by atoms with Crippen LogP contribution in [-0.2, 0) is 5.88 Å². The molecule has 0 N–H and O–H groups in total. The van der Waals surface area contributed by atoms with Gasteiger partial charge >= 0.3 is 0 Å². The fraction of sp³-hybridized carbons (Fsp3) is 0.125. The predicted octanol–water partition coefficient (Wildman–Crippen LogP) is 2.34. The molecule has 0 atom stereocenters. The number of nitrogens with zero attached hydrogens (tertiary/aromatic N) is 3. The topological polar surface area (TPSA) is 38.7 Å². The molecule has 0 unspecified atom stereocenters. The summed E-state index contributed by atoms with van der Waals surface area (Å²) in [6.07, 6.45) is 1.73. The predicted molar refractivity (Wildman–Crippen MR) is 52.7 cm³/mol. The molecule has 5 heteroatoms. The van der Waals surface area contributed by atoms with Crippen LogP contribution in [0.4, 0.5) is 0 Å². The first-order valence-corrected chi connectivity index (χ1v) is 5.05. The highest BCUT2D eigenvalue weighted by Gasteiger charge is 2.05. The van der Waals surface area contributed by atoms with Crippen molar-refractivity contribution in [1.82, 2.24) is 15.2 Å². The van der Waals surface area contributed by atoms with Crippen molar-refractivity contribution in [3.63, 3.8) is 0 Å². The molecule has 3 nitrogen and oxygen atoms in total. The largest absolute Gasteiger partial charge is 0.254 e. The monoisotopic (exact) mass is 211 g/mol. The molecule has 66 valence electrons. The Morgan fingerprint density at radius 3 is 2.85 bits per heavy atom. The van der Waals surface area contributed by atoms with E-state index in [2.05, 4.69) is 15.2 Å². The molecule has 0 aliphatic carbocycles. The van der Waals surface area contributed by atoms with E-state index in [0.717, 1.165) is 15.7 Å². The van der Waals surface area contributed by atoms with E-state index in [1.807, 2.05) is 18.2 Å². The van der Waals surface area contributed by atoms with E-state index in [4.69, 9.17) is 11.6 Å². The molecular weight excluding hydrogens is 206 g/mol. The minimum absolute atomic E-state index is 0.407. The van der Waals surface area contributed by atoms with E-state index in [-0.39, 0.29) is 0 Å². The molecule has 13 heavy (non-hydrogen) atoms. The van der Waals surface area contributed by atoms with Gasteiger partial charge in [0.15, 0.2) is 5.01 Å². The summed E-state index contributed by atoms with van der Waals surface area (Å²) in [4.78, 5) is 4.16. The molecule has 0 bridgehead atoms. The number of aromatic nitrogens is 3. The Balaban J connectivity index is 2.36. The van der Waals surface area contributed by atoms with Gasteiger partial charge in [-0.3, -0.25) is 4.98 Å². The van der Waals surface area contributed by atoms with Gasteiger partial charge in [0.25, 0.3) is 0 Å². The minimum atomic E-state index is 0.407. The zero-order valence-electron chi connectivity index (χ0n) is 6.64. The van der Waals surface area contributed by atoms with Crippen molar-refractivity contribution in [1.29, 1.82) is 0 Å². The van der Waals surface area contributed by atoms with E-state index in [0.29, 0.717) is 5.88 Å². The fourth-order valence-electron chi connectivity index (χ4n) is 0.900. The van der Waals surface area contributed by atoms with E-state index in [1.54, 1.807) is 6.20 Å². The molecule has 0 radical (unpaired) electrons. The van der Waals surface area contributed by atoms with Crippen molar-refractivity contribution in [2.45, 2.75) is 5.88 Å². The maximum absolute atomic E-state index is 5.62. The summed E-state index contributed by atoms with van der Waals surface area (Å²) in [6, 6.07) is 5.69. The van der Waals surface area contributed by atoms with Crippen LogP contribution in [0, 0.1) is 0 Å². The molecule has 0 aliphatic heterocycles. The number of hydrogen-bond donors (Lipinski definition) is 0. The lowest BCUT2D eigenvalue weighted by Gasteiger charge is -1.90. The normalized spacial score (nSPS) is 10.2. The first kappa shape index (κ1) is 8.59. The van der Waals surface area contributed by atoms with Crippen LogP contribution in [0.2, 0.25) is 0 Å². The van der Waals surface area contributed by atoms with Crippen molar-refractivity contribution < 1.29 is 0 Å². The maximum atomic E-state index is 5.62. The van der Waals surface area contributed by atoms with Crippen LogP contribution in [-0.4, -0.2) is 15.2 Å². The summed E-state index contributed by atoms with van der Waals surface area (Å²) in [5.74, 6) is 0.407. The van der Waals surface area contributed by atoms with E-state index in [9.17, 15) is 0 Å². The zero-order chi connectivity index (χ0) is 9.10. The molecule has 2 aromatic heterocycles. The van der Waals surface area contributed by atoms with Gasteiger partial charge in [-0.25, -0.2) is 0 Å². The quantitative estimate of drug-likeness (QED) is 0.716. The summed E-state index contributed by atoms with van der Waals surface area (Å²) >= 11 is 7.08. The van der Waals surface area contributed by atoms with Crippen molar-refractivity contribution in [2.75, 3.05) is 0 Å². The maximum Gasteiger partial charge on any atom is 0.166 e. The van der Waals surface area contributed by atoms with Gasteiger partial charge in [-0.2, -0.15) is 0 Å². The second-order valence-corrected chi connectivity index (χ2v) is 3.68. The lowest BCUT2D eigenvalue weighted by atomic mass is 10.4. The summed E-state index contributed by atoms with van der Waals surface area (Å²) in [7, 11) is 0. The highest BCUT2D eigenvalue weighted by atomic mass is 35.5. The number of rotatable bonds is 2. The van der Waals surface area contributed by atoms with Gasteiger partial charge in [0.05, 0.1) is 5.88 Å². The third kappa shape index (κ3) is 1.84. The standard InChI is InChI=1S/C8H6ClN3S/c9-5-7-11-12-8(13-7)6-3-1-2-4-10-6/h1-4H,5H2. The van der Waals surface area contributed by atoms with Crippen molar-refractivity contribution in [3.8, 4) is 10.7 Å². The Kier molecular flexibility index (Phi) is 2.52. The minimum Gasteiger partial charge on any atom is -0.254 e. The van der Waals surface area contributed by atoms with Gasteiger partial charge in [0, 0.05) is 6.20 Å². The molecule has 0 fully saturated rings. The first-order chi connectivity index (χ1) is 6.40. The Labute approximate surface area is 84.4 Å². The van der Waals surface area contributed by atoms with Gasteiger partial charge in [-0.05, 0) is 12.1 Å². The highest BCUT2D eigenvalue weighted by molar-refractivity contribution is 7.14. The first-order valence-electron chi connectivity index (χ1n) is 3.70. The summed E-state index contributed by atoms with van der Waals surface area (Å²) in [5.41, 5.74) is 0.844. The molecule has 0 aromatic carbocycles. The molecule has 2 aromatic rings. The highest BCUT2D eigenvalue weighted by Crippen LogP contribution is 2.21. The Morgan fingerprint density at radius 1 is 1.31 bits per heavy atom. The third-order valence-electron chi connectivity index (χ3n) is 1.47. The van der Waals surface area contributed by atoms with Gasteiger partial charge in [0.1, 0.15) is 10.7 Å². The molecule has 0 aliphatic rings.